The summed E-state index contributed by atoms with van der Waals surface area (Å²) in [4.78, 5) is 4.14. The Labute approximate surface area is 93.0 Å². The summed E-state index contributed by atoms with van der Waals surface area (Å²) in [5.74, 6) is 2.39. The zero-order valence-corrected chi connectivity index (χ0v) is 9.35. The van der Waals surface area contributed by atoms with Crippen LogP contribution in [0.1, 0.15) is 5.89 Å². The van der Waals surface area contributed by atoms with Crippen molar-refractivity contribution in [3.8, 4) is 22.9 Å². The summed E-state index contributed by atoms with van der Waals surface area (Å²) < 4.78 is 15.3. The van der Waals surface area contributed by atoms with E-state index < -0.39 is 0 Å². The fraction of sp³-hybridized carbons (Fsp3) is 0.273. The quantitative estimate of drug-likeness (QED) is 0.792. The van der Waals surface area contributed by atoms with E-state index in [9.17, 15) is 0 Å². The van der Waals surface area contributed by atoms with Crippen LogP contribution in [-0.4, -0.2) is 24.4 Å². The molecule has 0 fully saturated rings. The van der Waals surface area contributed by atoms with Crippen molar-refractivity contribution >= 4 is 0 Å². The number of hydrogen-bond acceptors (Lipinski definition) is 5. The summed E-state index contributed by atoms with van der Waals surface area (Å²) in [6.07, 6.45) is 0. The molecule has 1 heterocycles. The molecule has 16 heavy (non-hydrogen) atoms. The van der Waals surface area contributed by atoms with Crippen molar-refractivity contribution in [1.29, 1.82) is 0 Å². The first-order valence-corrected chi connectivity index (χ1v) is 4.77. The van der Waals surface area contributed by atoms with Gasteiger partial charge in [-0.1, -0.05) is 5.16 Å². The Hall–Kier alpha value is -2.04. The van der Waals surface area contributed by atoms with E-state index in [1.807, 2.05) is 12.1 Å². The maximum atomic E-state index is 5.19. The topological polar surface area (TPSA) is 57.4 Å². The maximum absolute atomic E-state index is 5.19. The van der Waals surface area contributed by atoms with Crippen molar-refractivity contribution in [2.45, 2.75) is 6.92 Å². The summed E-state index contributed by atoms with van der Waals surface area (Å²) in [6.45, 7) is 1.75. The van der Waals surface area contributed by atoms with Gasteiger partial charge in [0.1, 0.15) is 0 Å². The van der Waals surface area contributed by atoms with E-state index in [1.54, 1.807) is 27.2 Å². The molecule has 0 bridgehead atoms. The monoisotopic (exact) mass is 220 g/mol. The number of nitrogens with zero attached hydrogens (tertiary/aromatic N) is 2. The third kappa shape index (κ3) is 1.84. The lowest BCUT2D eigenvalue weighted by Crippen LogP contribution is -1.91. The molecule has 0 spiro atoms. The molecule has 0 unspecified atom stereocenters. The van der Waals surface area contributed by atoms with Crippen LogP contribution in [0.25, 0.3) is 11.4 Å². The van der Waals surface area contributed by atoms with Crippen LogP contribution >= 0.6 is 0 Å². The van der Waals surface area contributed by atoms with Gasteiger partial charge in [-0.15, -0.1) is 0 Å². The van der Waals surface area contributed by atoms with Gasteiger partial charge in [-0.2, -0.15) is 4.98 Å². The fourth-order valence-corrected chi connectivity index (χ4v) is 1.39. The van der Waals surface area contributed by atoms with Gasteiger partial charge in [-0.05, 0) is 18.2 Å². The molecule has 1 aromatic carbocycles. The minimum absolute atomic E-state index is 0.532. The van der Waals surface area contributed by atoms with Crippen LogP contribution in [0, 0.1) is 6.92 Å². The minimum atomic E-state index is 0.532. The molecule has 0 radical (unpaired) electrons. The van der Waals surface area contributed by atoms with Gasteiger partial charge in [0.05, 0.1) is 14.2 Å². The van der Waals surface area contributed by atoms with Gasteiger partial charge < -0.3 is 14.0 Å². The highest BCUT2D eigenvalue weighted by Crippen LogP contribution is 2.30. The van der Waals surface area contributed by atoms with E-state index in [-0.39, 0.29) is 0 Å². The molecule has 1 aromatic heterocycles. The first-order chi connectivity index (χ1) is 7.74. The Balaban J connectivity index is 2.43. The van der Waals surface area contributed by atoms with Crippen LogP contribution in [0.2, 0.25) is 0 Å². The predicted octanol–water partition coefficient (Wildman–Crippen LogP) is 2.06. The van der Waals surface area contributed by atoms with Crippen molar-refractivity contribution in [1.82, 2.24) is 10.1 Å². The number of rotatable bonds is 3. The predicted molar refractivity (Wildman–Crippen MR) is 57.6 cm³/mol. The molecular weight excluding hydrogens is 208 g/mol. The lowest BCUT2D eigenvalue weighted by Gasteiger charge is -2.07. The molecule has 5 nitrogen and oxygen atoms in total. The van der Waals surface area contributed by atoms with Crippen LogP contribution in [0.15, 0.2) is 22.7 Å². The molecule has 0 atom stereocenters. The molecule has 2 aromatic rings. The molecule has 0 aliphatic carbocycles. The van der Waals surface area contributed by atoms with Gasteiger partial charge >= 0.3 is 0 Å². The number of benzene rings is 1. The molecule has 0 aliphatic rings. The largest absolute Gasteiger partial charge is 0.493 e. The fourth-order valence-electron chi connectivity index (χ4n) is 1.39. The highest BCUT2D eigenvalue weighted by atomic mass is 16.5. The lowest BCUT2D eigenvalue weighted by atomic mass is 10.2. The van der Waals surface area contributed by atoms with Gasteiger partial charge in [-0.3, -0.25) is 0 Å². The van der Waals surface area contributed by atoms with Gasteiger partial charge in [0, 0.05) is 12.5 Å². The Bertz CT molecular complexity index is 494. The number of aromatic nitrogens is 2. The van der Waals surface area contributed by atoms with Crippen LogP contribution in [0.3, 0.4) is 0 Å². The van der Waals surface area contributed by atoms with Crippen molar-refractivity contribution in [3.05, 3.63) is 24.1 Å². The maximum Gasteiger partial charge on any atom is 0.223 e. The van der Waals surface area contributed by atoms with Crippen LogP contribution in [-0.2, 0) is 0 Å². The van der Waals surface area contributed by atoms with E-state index in [0.717, 1.165) is 5.56 Å². The number of aryl methyl sites for hydroxylation is 1. The molecule has 0 aliphatic heterocycles. The van der Waals surface area contributed by atoms with E-state index in [1.165, 1.54) is 0 Å². The van der Waals surface area contributed by atoms with Gasteiger partial charge in [0.25, 0.3) is 0 Å². The third-order valence-corrected chi connectivity index (χ3v) is 2.17. The SMILES string of the molecule is COc1ccc(-c2noc(C)n2)cc1OC. The van der Waals surface area contributed by atoms with E-state index in [0.29, 0.717) is 23.2 Å². The average molecular weight is 220 g/mol. The summed E-state index contributed by atoms with van der Waals surface area (Å²) in [6, 6.07) is 5.47. The second kappa shape index (κ2) is 4.22. The molecule has 0 N–H and O–H groups in total. The lowest BCUT2D eigenvalue weighted by molar-refractivity contribution is 0.355. The smallest absolute Gasteiger partial charge is 0.223 e. The molecule has 0 saturated carbocycles. The second-order valence-electron chi connectivity index (χ2n) is 3.21. The Morgan fingerprint density at radius 1 is 1.12 bits per heavy atom. The van der Waals surface area contributed by atoms with Gasteiger partial charge in [0.2, 0.25) is 11.7 Å². The highest BCUT2D eigenvalue weighted by Gasteiger charge is 2.10. The third-order valence-electron chi connectivity index (χ3n) is 2.17. The average Bonchev–Trinajstić information content (AvgIpc) is 2.75. The van der Waals surface area contributed by atoms with E-state index >= 15 is 0 Å². The summed E-state index contributed by atoms with van der Waals surface area (Å²) in [5, 5.41) is 3.83. The summed E-state index contributed by atoms with van der Waals surface area (Å²) in [5.41, 5.74) is 0.828. The summed E-state index contributed by atoms with van der Waals surface area (Å²) in [7, 11) is 3.18. The second-order valence-corrected chi connectivity index (χ2v) is 3.21. The van der Waals surface area contributed by atoms with Crippen LogP contribution in [0.5, 0.6) is 11.5 Å². The molecule has 84 valence electrons. The first-order valence-electron chi connectivity index (χ1n) is 4.77. The molecule has 0 amide bonds. The van der Waals surface area contributed by atoms with Crippen molar-refractivity contribution in [2.24, 2.45) is 0 Å². The molecular formula is C11H12N2O3. The van der Waals surface area contributed by atoms with Crippen molar-refractivity contribution in [3.63, 3.8) is 0 Å². The normalized spacial score (nSPS) is 10.2. The van der Waals surface area contributed by atoms with Crippen molar-refractivity contribution < 1.29 is 14.0 Å². The summed E-state index contributed by atoms with van der Waals surface area (Å²) >= 11 is 0. The first kappa shape index (κ1) is 10.5. The minimum Gasteiger partial charge on any atom is -0.493 e. The molecule has 0 saturated heterocycles. The van der Waals surface area contributed by atoms with E-state index in [4.69, 9.17) is 14.0 Å². The van der Waals surface area contributed by atoms with E-state index in [2.05, 4.69) is 10.1 Å². The van der Waals surface area contributed by atoms with Crippen LogP contribution in [0.4, 0.5) is 0 Å². The highest BCUT2D eigenvalue weighted by molar-refractivity contribution is 5.60. The Morgan fingerprint density at radius 3 is 2.44 bits per heavy atom. The number of methoxy groups -OCH3 is 2. The Morgan fingerprint density at radius 2 is 1.88 bits per heavy atom. The van der Waals surface area contributed by atoms with Crippen LogP contribution < -0.4 is 9.47 Å². The standard InChI is InChI=1S/C11H12N2O3/c1-7-12-11(13-16-7)8-4-5-9(14-2)10(6-8)15-3/h4-6H,1-3H3. The molecule has 5 heteroatoms. The number of hydrogen-bond donors (Lipinski definition) is 0. The number of ether oxygens (including phenoxy) is 2. The molecule has 2 rings (SSSR count). The Kier molecular flexibility index (Phi) is 2.76. The zero-order chi connectivity index (χ0) is 11.5. The van der Waals surface area contributed by atoms with Gasteiger partial charge in [-0.25, -0.2) is 0 Å². The van der Waals surface area contributed by atoms with Crippen molar-refractivity contribution in [2.75, 3.05) is 14.2 Å². The zero-order valence-electron chi connectivity index (χ0n) is 9.35. The van der Waals surface area contributed by atoms with Gasteiger partial charge in [0.15, 0.2) is 11.5 Å².